The van der Waals surface area contributed by atoms with Gasteiger partial charge in [-0.3, -0.25) is 4.79 Å². The highest BCUT2D eigenvalue weighted by Crippen LogP contribution is 2.15. The summed E-state index contributed by atoms with van der Waals surface area (Å²) in [5.74, 6) is -0.875. The van der Waals surface area contributed by atoms with E-state index in [2.05, 4.69) is 5.32 Å². The van der Waals surface area contributed by atoms with Gasteiger partial charge >= 0.3 is 0 Å². The average molecular weight is 274 g/mol. The van der Waals surface area contributed by atoms with E-state index in [1.54, 1.807) is 0 Å². The molecule has 1 rings (SSSR count). The van der Waals surface area contributed by atoms with Gasteiger partial charge < -0.3 is 10.4 Å². The van der Waals surface area contributed by atoms with E-state index in [1.807, 2.05) is 6.92 Å². The van der Waals surface area contributed by atoms with E-state index in [4.69, 9.17) is 16.7 Å². The van der Waals surface area contributed by atoms with Crippen LogP contribution in [-0.4, -0.2) is 24.2 Å². The largest absolute Gasteiger partial charge is 0.396 e. The Balaban J connectivity index is 2.62. The summed E-state index contributed by atoms with van der Waals surface area (Å²) < 4.78 is 13.4. The van der Waals surface area contributed by atoms with Crippen LogP contribution >= 0.6 is 11.6 Å². The van der Waals surface area contributed by atoms with Gasteiger partial charge in [0.25, 0.3) is 5.91 Å². The summed E-state index contributed by atoms with van der Waals surface area (Å²) in [4.78, 5) is 11.8. The molecule has 0 aromatic heterocycles. The Morgan fingerprint density at radius 2 is 2.28 bits per heavy atom. The molecule has 0 aliphatic rings. The molecule has 1 atom stereocenters. The Kier molecular flexibility index (Phi) is 6.09. The van der Waals surface area contributed by atoms with Crippen molar-refractivity contribution in [2.24, 2.45) is 5.92 Å². The third kappa shape index (κ3) is 4.27. The lowest BCUT2D eigenvalue weighted by Crippen LogP contribution is -2.30. The van der Waals surface area contributed by atoms with Crippen molar-refractivity contribution in [3.8, 4) is 0 Å². The van der Waals surface area contributed by atoms with Gasteiger partial charge in [0.05, 0.1) is 5.56 Å². The van der Waals surface area contributed by atoms with Gasteiger partial charge in [-0.15, -0.1) is 0 Å². The molecule has 0 saturated heterocycles. The number of carbonyl (C=O) groups is 1. The number of nitrogens with one attached hydrogen (secondary N) is 1. The predicted molar refractivity (Wildman–Crippen MR) is 69.2 cm³/mol. The molecule has 18 heavy (non-hydrogen) atoms. The molecule has 0 saturated carbocycles. The van der Waals surface area contributed by atoms with Crippen LogP contribution in [0.5, 0.6) is 0 Å². The van der Waals surface area contributed by atoms with Gasteiger partial charge in [0.1, 0.15) is 5.82 Å². The van der Waals surface area contributed by atoms with E-state index in [-0.39, 0.29) is 18.1 Å². The lowest BCUT2D eigenvalue weighted by molar-refractivity contribution is 0.0939. The quantitative estimate of drug-likeness (QED) is 0.837. The lowest BCUT2D eigenvalue weighted by Gasteiger charge is -2.14. The number of hydrogen-bond acceptors (Lipinski definition) is 2. The number of carbonyl (C=O) groups excluding carboxylic acids is 1. The van der Waals surface area contributed by atoms with Crippen LogP contribution in [0.2, 0.25) is 5.02 Å². The highest BCUT2D eigenvalue weighted by Gasteiger charge is 2.13. The van der Waals surface area contributed by atoms with Gasteiger partial charge in [-0.2, -0.15) is 0 Å². The van der Waals surface area contributed by atoms with Crippen molar-refractivity contribution in [3.63, 3.8) is 0 Å². The van der Waals surface area contributed by atoms with Gasteiger partial charge in [-0.1, -0.05) is 24.9 Å². The third-order valence-corrected chi connectivity index (χ3v) is 3.07. The molecule has 0 fully saturated rings. The van der Waals surface area contributed by atoms with Crippen LogP contribution in [0, 0.1) is 11.7 Å². The van der Waals surface area contributed by atoms with Gasteiger partial charge in [-0.25, -0.2) is 4.39 Å². The monoisotopic (exact) mass is 273 g/mol. The SMILES string of the molecule is CCC(CCO)CNC(=O)c1cc(Cl)ccc1F. The summed E-state index contributed by atoms with van der Waals surface area (Å²) in [6, 6.07) is 3.87. The van der Waals surface area contributed by atoms with Crippen LogP contribution in [0.25, 0.3) is 0 Å². The van der Waals surface area contributed by atoms with Gasteiger partial charge in [-0.05, 0) is 30.5 Å². The Morgan fingerprint density at radius 1 is 1.56 bits per heavy atom. The lowest BCUT2D eigenvalue weighted by atomic mass is 10.0. The van der Waals surface area contributed by atoms with Gasteiger partial charge in [0.2, 0.25) is 0 Å². The second-order valence-electron chi connectivity index (χ2n) is 4.12. The zero-order chi connectivity index (χ0) is 13.5. The number of amides is 1. The molecule has 3 nitrogen and oxygen atoms in total. The molecule has 1 unspecified atom stereocenters. The van der Waals surface area contributed by atoms with Crippen molar-refractivity contribution in [3.05, 3.63) is 34.6 Å². The minimum atomic E-state index is -0.591. The maximum Gasteiger partial charge on any atom is 0.254 e. The van der Waals surface area contributed by atoms with E-state index < -0.39 is 11.7 Å². The zero-order valence-electron chi connectivity index (χ0n) is 10.2. The number of halogens is 2. The molecular weight excluding hydrogens is 257 g/mol. The van der Waals surface area contributed by atoms with Crippen LogP contribution in [0.15, 0.2) is 18.2 Å². The summed E-state index contributed by atoms with van der Waals surface area (Å²) in [5, 5.41) is 11.8. The van der Waals surface area contributed by atoms with Crippen LogP contribution in [-0.2, 0) is 0 Å². The summed E-state index contributed by atoms with van der Waals surface area (Å²) >= 11 is 5.72. The normalized spacial score (nSPS) is 12.2. The highest BCUT2D eigenvalue weighted by molar-refractivity contribution is 6.30. The second kappa shape index (κ2) is 7.34. The standard InChI is InChI=1S/C13H17ClFNO2/c1-2-9(5-6-17)8-16-13(18)11-7-10(14)3-4-12(11)15/h3-4,7,9,17H,2,5-6,8H2,1H3,(H,16,18). The first kappa shape index (κ1) is 14.9. The van der Waals surface area contributed by atoms with Crippen LogP contribution < -0.4 is 5.32 Å². The Hall–Kier alpha value is -1.13. The summed E-state index contributed by atoms with van der Waals surface area (Å²) in [7, 11) is 0. The number of rotatable bonds is 6. The second-order valence-corrected chi connectivity index (χ2v) is 4.56. The van der Waals surface area contributed by atoms with Crippen molar-refractivity contribution < 1.29 is 14.3 Å². The molecule has 0 radical (unpaired) electrons. The number of aliphatic hydroxyl groups is 1. The first-order chi connectivity index (χ1) is 8.58. The summed E-state index contributed by atoms with van der Waals surface area (Å²) in [6.45, 7) is 2.48. The molecule has 1 aromatic rings. The maximum absolute atomic E-state index is 13.4. The topological polar surface area (TPSA) is 49.3 Å². The fraction of sp³-hybridized carbons (Fsp3) is 0.462. The molecule has 0 heterocycles. The Bertz CT molecular complexity index is 412. The van der Waals surface area contributed by atoms with Crippen molar-refractivity contribution in [1.29, 1.82) is 0 Å². The zero-order valence-corrected chi connectivity index (χ0v) is 11.0. The fourth-order valence-corrected chi connectivity index (χ4v) is 1.81. The van der Waals surface area contributed by atoms with E-state index in [0.29, 0.717) is 18.0 Å². The van der Waals surface area contributed by atoms with Gasteiger partial charge in [0.15, 0.2) is 0 Å². The molecule has 0 bridgehead atoms. The molecule has 100 valence electrons. The van der Waals surface area contributed by atoms with E-state index in [0.717, 1.165) is 6.42 Å². The Morgan fingerprint density at radius 3 is 2.89 bits per heavy atom. The van der Waals surface area contributed by atoms with Crippen LogP contribution in [0.4, 0.5) is 4.39 Å². The van der Waals surface area contributed by atoms with Crippen molar-refractivity contribution in [1.82, 2.24) is 5.32 Å². The molecule has 1 amide bonds. The maximum atomic E-state index is 13.4. The van der Waals surface area contributed by atoms with Crippen molar-refractivity contribution >= 4 is 17.5 Å². The fourth-order valence-electron chi connectivity index (χ4n) is 1.64. The number of aliphatic hydroxyl groups excluding tert-OH is 1. The smallest absolute Gasteiger partial charge is 0.254 e. The van der Waals surface area contributed by atoms with Gasteiger partial charge in [0, 0.05) is 18.2 Å². The third-order valence-electron chi connectivity index (χ3n) is 2.84. The first-order valence-corrected chi connectivity index (χ1v) is 6.30. The molecule has 5 heteroatoms. The predicted octanol–water partition coefficient (Wildman–Crippen LogP) is 2.62. The minimum absolute atomic E-state index is 0.0543. The first-order valence-electron chi connectivity index (χ1n) is 5.92. The molecule has 1 aromatic carbocycles. The summed E-state index contributed by atoms with van der Waals surface area (Å²) in [5.41, 5.74) is -0.0543. The molecule has 2 N–H and O–H groups in total. The van der Waals surface area contributed by atoms with E-state index >= 15 is 0 Å². The highest BCUT2D eigenvalue weighted by atomic mass is 35.5. The average Bonchev–Trinajstić information content (AvgIpc) is 2.37. The van der Waals surface area contributed by atoms with Crippen LogP contribution in [0.3, 0.4) is 0 Å². The summed E-state index contributed by atoms with van der Waals surface area (Å²) in [6.07, 6.45) is 1.47. The molecular formula is C13H17ClFNO2. The van der Waals surface area contributed by atoms with E-state index in [9.17, 15) is 9.18 Å². The molecule has 0 aliphatic carbocycles. The van der Waals surface area contributed by atoms with Crippen molar-refractivity contribution in [2.45, 2.75) is 19.8 Å². The van der Waals surface area contributed by atoms with E-state index in [1.165, 1.54) is 18.2 Å². The Labute approximate surface area is 111 Å². The van der Waals surface area contributed by atoms with Crippen LogP contribution in [0.1, 0.15) is 30.1 Å². The minimum Gasteiger partial charge on any atom is -0.396 e. The van der Waals surface area contributed by atoms with Crippen molar-refractivity contribution in [2.75, 3.05) is 13.2 Å². The number of benzene rings is 1. The molecule has 0 spiro atoms. The number of hydrogen-bond donors (Lipinski definition) is 2. The molecule has 0 aliphatic heterocycles.